The van der Waals surface area contributed by atoms with Crippen LogP contribution in [0.2, 0.25) is 0 Å². The lowest BCUT2D eigenvalue weighted by molar-refractivity contribution is 0.233. The highest BCUT2D eigenvalue weighted by molar-refractivity contribution is 7.91. The molecule has 2 N–H and O–H groups in total. The average Bonchev–Trinajstić information content (AvgIpc) is 3.34. The molecule has 0 aliphatic rings. The van der Waals surface area contributed by atoms with E-state index in [9.17, 15) is 13.5 Å². The van der Waals surface area contributed by atoms with Gasteiger partial charge in [0.05, 0.1) is 4.90 Å². The Hall–Kier alpha value is -2.11. The van der Waals surface area contributed by atoms with E-state index >= 15 is 0 Å². The van der Waals surface area contributed by atoms with Crippen LogP contribution in [0, 0.1) is 0 Å². The van der Waals surface area contributed by atoms with Gasteiger partial charge in [0.1, 0.15) is 0 Å². The fraction of sp³-hybridized carbons (Fsp3) is 0.774. The SMILES string of the molecule is CCCCCCCCCCCCCCCCCCC(CCCCCCCCCCCCCCCCC)Nc1ccc(C=Cc2ccc(S(=O)(=O)C(O)CCCCCCCCCCC)cc2)cc1. The molecule has 2 atom stereocenters. The molecular formula is C62H109NO3S. The van der Waals surface area contributed by atoms with E-state index in [-0.39, 0.29) is 4.90 Å². The second kappa shape index (κ2) is 43.9. The molecule has 5 heteroatoms. The van der Waals surface area contributed by atoms with Gasteiger partial charge in [0.15, 0.2) is 5.44 Å². The van der Waals surface area contributed by atoms with Crippen LogP contribution in [0.15, 0.2) is 53.4 Å². The summed E-state index contributed by atoms with van der Waals surface area (Å²) in [4.78, 5) is 0.196. The molecule has 0 saturated heterocycles. The Morgan fingerprint density at radius 3 is 0.925 bits per heavy atom. The van der Waals surface area contributed by atoms with Gasteiger partial charge in [-0.05, 0) is 61.1 Å². The number of anilines is 1. The van der Waals surface area contributed by atoms with Crippen molar-refractivity contribution < 1.29 is 13.5 Å². The molecule has 0 aromatic heterocycles. The highest BCUT2D eigenvalue weighted by Crippen LogP contribution is 2.24. The molecule has 4 nitrogen and oxygen atoms in total. The zero-order valence-electron chi connectivity index (χ0n) is 44.5. The van der Waals surface area contributed by atoms with Gasteiger partial charge in [-0.25, -0.2) is 8.42 Å². The van der Waals surface area contributed by atoms with E-state index in [2.05, 4.69) is 56.4 Å². The Labute approximate surface area is 417 Å². The highest BCUT2D eigenvalue weighted by Gasteiger charge is 2.24. The van der Waals surface area contributed by atoms with E-state index in [0.717, 1.165) is 30.4 Å². The minimum absolute atomic E-state index is 0.196. The van der Waals surface area contributed by atoms with E-state index < -0.39 is 15.3 Å². The van der Waals surface area contributed by atoms with Crippen LogP contribution in [0.1, 0.15) is 308 Å². The zero-order valence-corrected chi connectivity index (χ0v) is 45.3. The summed E-state index contributed by atoms with van der Waals surface area (Å²) in [6, 6.07) is 16.3. The second-order valence-electron chi connectivity index (χ2n) is 20.8. The Bertz CT molecular complexity index is 1490. The molecular weight excluding hydrogens is 839 g/mol. The Morgan fingerprint density at radius 1 is 0.373 bits per heavy atom. The van der Waals surface area contributed by atoms with Crippen molar-refractivity contribution in [2.45, 2.75) is 313 Å². The van der Waals surface area contributed by atoms with Crippen LogP contribution in [0.5, 0.6) is 0 Å². The molecule has 0 heterocycles. The fourth-order valence-corrected chi connectivity index (χ4v) is 11.1. The van der Waals surface area contributed by atoms with Crippen LogP contribution in [0.3, 0.4) is 0 Å². The molecule has 0 fully saturated rings. The number of aliphatic hydroxyl groups is 1. The maximum absolute atomic E-state index is 13.1. The highest BCUT2D eigenvalue weighted by atomic mass is 32.2. The summed E-state index contributed by atoms with van der Waals surface area (Å²) < 4.78 is 26.2. The molecule has 0 spiro atoms. The Balaban J connectivity index is 1.76. The minimum Gasteiger partial charge on any atom is -0.382 e. The Morgan fingerprint density at radius 2 is 0.627 bits per heavy atom. The number of hydrogen-bond acceptors (Lipinski definition) is 4. The molecule has 67 heavy (non-hydrogen) atoms. The quantitative estimate of drug-likeness (QED) is 0.0512. The van der Waals surface area contributed by atoms with Crippen LogP contribution in [0.25, 0.3) is 12.2 Å². The molecule has 2 unspecified atom stereocenters. The van der Waals surface area contributed by atoms with Crippen molar-refractivity contribution in [2.75, 3.05) is 5.32 Å². The lowest BCUT2D eigenvalue weighted by Gasteiger charge is -2.20. The van der Waals surface area contributed by atoms with E-state index in [0.29, 0.717) is 12.5 Å². The number of aliphatic hydroxyl groups excluding tert-OH is 1. The Kier molecular flexibility index (Phi) is 40.0. The summed E-state index contributed by atoms with van der Waals surface area (Å²) in [7, 11) is -3.76. The van der Waals surface area contributed by atoms with Gasteiger partial charge in [-0.1, -0.05) is 308 Å². The van der Waals surface area contributed by atoms with E-state index in [4.69, 9.17) is 0 Å². The van der Waals surface area contributed by atoms with Gasteiger partial charge in [-0.15, -0.1) is 0 Å². The molecule has 0 saturated carbocycles. The molecule has 2 rings (SSSR count). The first kappa shape index (κ1) is 61.0. The third-order valence-electron chi connectivity index (χ3n) is 14.4. The number of hydrogen-bond donors (Lipinski definition) is 2. The van der Waals surface area contributed by atoms with Gasteiger partial charge in [0.2, 0.25) is 9.84 Å². The largest absolute Gasteiger partial charge is 0.382 e. The molecule has 2 aromatic rings. The standard InChI is InChI=1S/C62H109NO3S/c1-4-7-10-13-16-19-21-23-25-27-29-31-34-36-39-42-45-59(44-41-38-35-33-30-28-26-24-22-20-17-14-11-8-5-2)63-60-53-49-57(50-54-60)47-48-58-51-55-61(56-52-58)67(65,66)62(64)46-43-40-37-32-18-15-12-9-6-3/h47-56,59,62-64H,4-46H2,1-3H3. The third kappa shape index (κ3) is 34.0. The van der Waals surface area contributed by atoms with Crippen LogP contribution in [0.4, 0.5) is 5.69 Å². The van der Waals surface area contributed by atoms with E-state index in [1.54, 1.807) is 12.1 Å². The molecule has 0 bridgehead atoms. The number of unbranched alkanes of at least 4 members (excludes halogenated alkanes) is 37. The summed E-state index contributed by atoms with van der Waals surface area (Å²) in [6.07, 6.45) is 61.1. The summed E-state index contributed by atoms with van der Waals surface area (Å²) in [6.45, 7) is 6.84. The maximum Gasteiger partial charge on any atom is 0.204 e. The molecule has 2 aromatic carbocycles. The summed E-state index contributed by atoms with van der Waals surface area (Å²) in [5, 5.41) is 14.5. The first-order valence-corrected chi connectivity index (χ1v) is 31.0. The van der Waals surface area contributed by atoms with Gasteiger partial charge in [-0.3, -0.25) is 0 Å². The van der Waals surface area contributed by atoms with Crippen molar-refractivity contribution >= 4 is 27.7 Å². The van der Waals surface area contributed by atoms with Crippen LogP contribution < -0.4 is 5.32 Å². The number of benzene rings is 2. The number of rotatable bonds is 49. The van der Waals surface area contributed by atoms with Gasteiger partial charge in [0, 0.05) is 11.7 Å². The normalized spacial score (nSPS) is 12.9. The predicted molar refractivity (Wildman–Crippen MR) is 298 cm³/mol. The molecule has 0 amide bonds. The second-order valence-corrected chi connectivity index (χ2v) is 22.9. The average molecular weight is 949 g/mol. The smallest absolute Gasteiger partial charge is 0.204 e. The monoisotopic (exact) mass is 948 g/mol. The van der Waals surface area contributed by atoms with Crippen molar-refractivity contribution in [1.82, 2.24) is 0 Å². The van der Waals surface area contributed by atoms with Crippen LogP contribution in [-0.4, -0.2) is 25.0 Å². The van der Waals surface area contributed by atoms with Gasteiger partial charge in [0.25, 0.3) is 0 Å². The van der Waals surface area contributed by atoms with Crippen molar-refractivity contribution in [3.05, 3.63) is 59.7 Å². The lowest BCUT2D eigenvalue weighted by Crippen LogP contribution is -2.20. The first-order chi connectivity index (χ1) is 32.9. The van der Waals surface area contributed by atoms with Gasteiger partial charge < -0.3 is 10.4 Å². The van der Waals surface area contributed by atoms with Crippen molar-refractivity contribution in [2.24, 2.45) is 0 Å². The summed E-state index contributed by atoms with van der Waals surface area (Å²) in [5.41, 5.74) is 1.92. The predicted octanol–water partition coefficient (Wildman–Crippen LogP) is 20.6. The van der Waals surface area contributed by atoms with Crippen LogP contribution >= 0.6 is 0 Å². The summed E-state index contributed by atoms with van der Waals surface area (Å²) >= 11 is 0. The first-order valence-electron chi connectivity index (χ1n) is 29.5. The van der Waals surface area contributed by atoms with Gasteiger partial charge >= 0.3 is 0 Å². The third-order valence-corrected chi connectivity index (χ3v) is 16.3. The fourth-order valence-electron chi connectivity index (χ4n) is 9.82. The maximum atomic E-state index is 13.1. The number of sulfone groups is 1. The molecule has 0 aliphatic heterocycles. The zero-order chi connectivity index (χ0) is 48.1. The van der Waals surface area contributed by atoms with Crippen molar-refractivity contribution in [1.29, 1.82) is 0 Å². The number of nitrogens with one attached hydrogen (secondary N) is 1. The lowest BCUT2D eigenvalue weighted by atomic mass is 9.99. The van der Waals surface area contributed by atoms with Crippen molar-refractivity contribution in [3.63, 3.8) is 0 Å². The van der Waals surface area contributed by atoms with Gasteiger partial charge in [-0.2, -0.15) is 0 Å². The van der Waals surface area contributed by atoms with E-state index in [1.165, 1.54) is 256 Å². The molecule has 0 radical (unpaired) electrons. The summed E-state index contributed by atoms with van der Waals surface area (Å²) in [5.74, 6) is 0. The minimum atomic E-state index is -3.76. The molecule has 386 valence electrons. The van der Waals surface area contributed by atoms with E-state index in [1.807, 2.05) is 18.2 Å². The van der Waals surface area contributed by atoms with Crippen molar-refractivity contribution in [3.8, 4) is 0 Å². The van der Waals surface area contributed by atoms with Crippen LogP contribution in [-0.2, 0) is 9.84 Å². The molecule has 0 aliphatic carbocycles. The topological polar surface area (TPSA) is 66.4 Å².